The number of hydrogen-bond donors (Lipinski definition) is 1. The summed E-state index contributed by atoms with van der Waals surface area (Å²) in [5.41, 5.74) is 1.52. The Hall–Kier alpha value is -2.66. The molecule has 2 heterocycles. The topological polar surface area (TPSA) is 58.6 Å². The number of ether oxygens (including phenoxy) is 1. The Morgan fingerprint density at radius 3 is 2.24 bits per heavy atom. The van der Waals surface area contributed by atoms with Gasteiger partial charge in [-0.3, -0.25) is 9.59 Å². The number of hydrogen-bond acceptors (Lipinski definition) is 3. The van der Waals surface area contributed by atoms with Gasteiger partial charge in [-0.05, 0) is 49.8 Å². The van der Waals surface area contributed by atoms with Crippen LogP contribution in [0.2, 0.25) is 0 Å². The van der Waals surface area contributed by atoms with E-state index in [0.29, 0.717) is 37.3 Å². The molecule has 0 atom stereocenters. The molecule has 2 fully saturated rings. The Morgan fingerprint density at radius 1 is 0.862 bits per heavy atom. The van der Waals surface area contributed by atoms with E-state index in [9.17, 15) is 9.59 Å². The van der Waals surface area contributed by atoms with Gasteiger partial charge in [-0.25, -0.2) is 0 Å². The number of para-hydroxylation sites is 1. The predicted octanol–water partition coefficient (Wildman–Crippen LogP) is 4.00. The summed E-state index contributed by atoms with van der Waals surface area (Å²) in [6.07, 6.45) is 4.51. The third-order valence-corrected chi connectivity index (χ3v) is 6.16. The van der Waals surface area contributed by atoms with Crippen LogP contribution in [-0.2, 0) is 14.9 Å². The minimum atomic E-state index is -0.638. The van der Waals surface area contributed by atoms with Gasteiger partial charge >= 0.3 is 0 Å². The van der Waals surface area contributed by atoms with Crippen molar-refractivity contribution in [3.63, 3.8) is 0 Å². The summed E-state index contributed by atoms with van der Waals surface area (Å²) < 4.78 is 5.55. The van der Waals surface area contributed by atoms with Crippen molar-refractivity contribution in [1.29, 1.82) is 0 Å². The first kappa shape index (κ1) is 19.6. The van der Waals surface area contributed by atoms with E-state index < -0.39 is 5.41 Å². The van der Waals surface area contributed by atoms with Crippen LogP contribution in [0.5, 0.6) is 0 Å². The molecule has 0 radical (unpaired) electrons. The van der Waals surface area contributed by atoms with Gasteiger partial charge in [0.05, 0.1) is 16.7 Å². The molecule has 0 unspecified atom stereocenters. The van der Waals surface area contributed by atoms with Crippen LogP contribution in [0, 0.1) is 0 Å². The second-order valence-electron chi connectivity index (χ2n) is 7.91. The molecule has 0 spiro atoms. The smallest absolute Gasteiger partial charge is 0.255 e. The predicted molar refractivity (Wildman–Crippen MR) is 113 cm³/mol. The zero-order valence-electron chi connectivity index (χ0n) is 16.7. The van der Waals surface area contributed by atoms with Gasteiger partial charge in [-0.1, -0.05) is 42.5 Å². The minimum absolute atomic E-state index is 0.00124. The van der Waals surface area contributed by atoms with Gasteiger partial charge in [0, 0.05) is 26.3 Å². The molecular weight excluding hydrogens is 364 g/mol. The van der Waals surface area contributed by atoms with E-state index in [-0.39, 0.29) is 11.8 Å². The van der Waals surface area contributed by atoms with E-state index in [4.69, 9.17) is 4.74 Å². The molecule has 0 bridgehead atoms. The fourth-order valence-corrected chi connectivity index (χ4v) is 4.41. The number of likely N-dealkylation sites (tertiary alicyclic amines) is 1. The van der Waals surface area contributed by atoms with Crippen molar-refractivity contribution in [2.45, 2.75) is 37.5 Å². The lowest BCUT2D eigenvalue weighted by atomic mass is 9.73. The van der Waals surface area contributed by atoms with E-state index in [1.165, 1.54) is 6.42 Å². The van der Waals surface area contributed by atoms with Crippen molar-refractivity contribution < 1.29 is 14.3 Å². The molecule has 4 rings (SSSR count). The van der Waals surface area contributed by atoms with Crippen LogP contribution in [0.1, 0.15) is 48.0 Å². The number of rotatable bonds is 4. The summed E-state index contributed by atoms with van der Waals surface area (Å²) in [5.74, 6) is -0.0627. The zero-order valence-corrected chi connectivity index (χ0v) is 16.7. The normalized spacial score (nSPS) is 18.8. The van der Waals surface area contributed by atoms with Crippen LogP contribution in [-0.4, -0.2) is 43.0 Å². The highest BCUT2D eigenvalue weighted by molar-refractivity contribution is 6.06. The van der Waals surface area contributed by atoms with Crippen molar-refractivity contribution >= 4 is 17.5 Å². The molecule has 0 aromatic heterocycles. The van der Waals surface area contributed by atoms with Crippen molar-refractivity contribution in [2.75, 3.05) is 31.6 Å². The molecule has 2 saturated heterocycles. The molecule has 2 amide bonds. The first-order valence-corrected chi connectivity index (χ1v) is 10.5. The standard InChI is InChI=1S/C24H28N2O3/c27-22(26-15-7-2-8-16-26)20-11-5-6-12-21(20)25-23(28)24(13-17-29-18-14-24)19-9-3-1-4-10-19/h1,3-6,9-12H,2,7-8,13-18H2,(H,25,28). The van der Waals surface area contributed by atoms with E-state index in [0.717, 1.165) is 31.5 Å². The van der Waals surface area contributed by atoms with Gasteiger partial charge in [0.15, 0.2) is 0 Å². The molecule has 0 saturated carbocycles. The summed E-state index contributed by atoms with van der Waals surface area (Å²) in [6, 6.07) is 17.3. The zero-order chi connectivity index (χ0) is 20.1. The van der Waals surface area contributed by atoms with Crippen molar-refractivity contribution in [3.05, 3.63) is 65.7 Å². The van der Waals surface area contributed by atoms with Gasteiger partial charge in [0.25, 0.3) is 5.91 Å². The highest BCUT2D eigenvalue weighted by Crippen LogP contribution is 2.36. The molecule has 2 aliphatic heterocycles. The summed E-state index contributed by atoms with van der Waals surface area (Å²) in [4.78, 5) is 28.5. The molecular formula is C24H28N2O3. The lowest BCUT2D eigenvalue weighted by molar-refractivity contribution is -0.125. The maximum absolute atomic E-state index is 13.5. The van der Waals surface area contributed by atoms with Gasteiger partial charge in [0.2, 0.25) is 5.91 Å². The Morgan fingerprint density at radius 2 is 1.52 bits per heavy atom. The fraction of sp³-hybridized carbons (Fsp3) is 0.417. The summed E-state index contributed by atoms with van der Waals surface area (Å²) in [5, 5.41) is 3.10. The number of anilines is 1. The van der Waals surface area contributed by atoms with Gasteiger partial charge in [-0.2, -0.15) is 0 Å². The molecule has 5 heteroatoms. The largest absolute Gasteiger partial charge is 0.381 e. The Balaban J connectivity index is 1.61. The van der Waals surface area contributed by atoms with Gasteiger partial charge < -0.3 is 15.0 Å². The number of carbonyl (C=O) groups excluding carboxylic acids is 2. The van der Waals surface area contributed by atoms with Crippen molar-refractivity contribution in [1.82, 2.24) is 4.90 Å². The van der Waals surface area contributed by atoms with Gasteiger partial charge in [-0.15, -0.1) is 0 Å². The number of piperidine rings is 1. The van der Waals surface area contributed by atoms with Crippen LogP contribution < -0.4 is 5.32 Å². The van der Waals surface area contributed by atoms with Crippen LogP contribution in [0.3, 0.4) is 0 Å². The maximum Gasteiger partial charge on any atom is 0.255 e. The Labute approximate surface area is 172 Å². The first-order chi connectivity index (χ1) is 14.2. The monoisotopic (exact) mass is 392 g/mol. The number of nitrogens with zero attached hydrogens (tertiary/aromatic N) is 1. The molecule has 0 aliphatic carbocycles. The number of benzene rings is 2. The van der Waals surface area contributed by atoms with E-state index in [2.05, 4.69) is 5.32 Å². The molecule has 2 aliphatic rings. The van der Waals surface area contributed by atoms with Crippen LogP contribution in [0.15, 0.2) is 54.6 Å². The van der Waals surface area contributed by atoms with Crippen molar-refractivity contribution in [2.24, 2.45) is 0 Å². The first-order valence-electron chi connectivity index (χ1n) is 10.5. The summed E-state index contributed by atoms with van der Waals surface area (Å²) in [7, 11) is 0. The van der Waals surface area contributed by atoms with Gasteiger partial charge in [0.1, 0.15) is 0 Å². The Bertz CT molecular complexity index is 853. The summed E-state index contributed by atoms with van der Waals surface area (Å²) >= 11 is 0. The van der Waals surface area contributed by atoms with Crippen LogP contribution in [0.25, 0.3) is 0 Å². The second kappa shape index (κ2) is 8.78. The maximum atomic E-state index is 13.5. The average molecular weight is 392 g/mol. The minimum Gasteiger partial charge on any atom is -0.381 e. The molecule has 5 nitrogen and oxygen atoms in total. The number of nitrogens with one attached hydrogen (secondary N) is 1. The summed E-state index contributed by atoms with van der Waals surface area (Å²) in [6.45, 7) is 2.67. The average Bonchev–Trinajstić information content (AvgIpc) is 2.80. The fourth-order valence-electron chi connectivity index (χ4n) is 4.41. The quantitative estimate of drug-likeness (QED) is 0.856. The second-order valence-corrected chi connectivity index (χ2v) is 7.91. The molecule has 2 aromatic carbocycles. The van der Waals surface area contributed by atoms with E-state index in [1.807, 2.05) is 59.5 Å². The lowest BCUT2D eigenvalue weighted by Gasteiger charge is -2.36. The number of amides is 2. The number of carbonyl (C=O) groups is 2. The van der Waals surface area contributed by atoms with Crippen LogP contribution >= 0.6 is 0 Å². The van der Waals surface area contributed by atoms with Crippen molar-refractivity contribution in [3.8, 4) is 0 Å². The molecule has 2 aromatic rings. The van der Waals surface area contributed by atoms with E-state index in [1.54, 1.807) is 0 Å². The molecule has 29 heavy (non-hydrogen) atoms. The lowest BCUT2D eigenvalue weighted by Crippen LogP contribution is -2.45. The highest BCUT2D eigenvalue weighted by atomic mass is 16.5. The third kappa shape index (κ3) is 4.06. The van der Waals surface area contributed by atoms with E-state index >= 15 is 0 Å². The molecule has 152 valence electrons. The molecule has 1 N–H and O–H groups in total. The SMILES string of the molecule is O=C(c1ccccc1NC(=O)C1(c2ccccc2)CCOCC1)N1CCCCC1. The third-order valence-electron chi connectivity index (χ3n) is 6.16. The highest BCUT2D eigenvalue weighted by Gasteiger charge is 2.42. The van der Waals surface area contributed by atoms with Crippen LogP contribution in [0.4, 0.5) is 5.69 Å². The Kier molecular flexibility index (Phi) is 5.95.